The van der Waals surface area contributed by atoms with Crippen molar-refractivity contribution >= 4 is 5.91 Å². The first kappa shape index (κ1) is 16.7. The molecular weight excluding hydrogens is 250 g/mol. The van der Waals surface area contributed by atoms with Gasteiger partial charge in [-0.2, -0.15) is 0 Å². The van der Waals surface area contributed by atoms with Crippen LogP contribution < -0.4 is 5.73 Å². The molecule has 112 valence electrons. The van der Waals surface area contributed by atoms with Crippen molar-refractivity contribution in [2.24, 2.45) is 5.73 Å². The molecule has 0 aromatic heterocycles. The third-order valence-electron chi connectivity index (χ3n) is 3.62. The van der Waals surface area contributed by atoms with Gasteiger partial charge in [0.05, 0.1) is 12.0 Å². The van der Waals surface area contributed by atoms with Crippen LogP contribution in [0.1, 0.15) is 75.6 Å². The lowest BCUT2D eigenvalue weighted by Gasteiger charge is -2.25. The zero-order chi connectivity index (χ0) is 15.7. The second-order valence-electron chi connectivity index (χ2n) is 6.64. The van der Waals surface area contributed by atoms with Gasteiger partial charge in [0.1, 0.15) is 0 Å². The van der Waals surface area contributed by atoms with Gasteiger partial charge < -0.3 is 10.8 Å². The maximum absolute atomic E-state index is 11.4. The zero-order valence-corrected chi connectivity index (χ0v) is 13.4. The number of hydrogen-bond donors (Lipinski definition) is 2. The average Bonchev–Trinajstić information content (AvgIpc) is 2.25. The summed E-state index contributed by atoms with van der Waals surface area (Å²) in [6.45, 7) is 11.9. The largest absolute Gasteiger partial charge is 0.386 e. The van der Waals surface area contributed by atoms with Gasteiger partial charge in [-0.05, 0) is 47.9 Å². The van der Waals surface area contributed by atoms with Gasteiger partial charge in [0.2, 0.25) is 5.91 Å². The van der Waals surface area contributed by atoms with Crippen LogP contribution in [0.4, 0.5) is 0 Å². The summed E-state index contributed by atoms with van der Waals surface area (Å²) in [5, 5.41) is 10.3. The van der Waals surface area contributed by atoms with E-state index in [9.17, 15) is 9.90 Å². The molecule has 1 amide bonds. The van der Waals surface area contributed by atoms with Gasteiger partial charge in [0.15, 0.2) is 0 Å². The van der Waals surface area contributed by atoms with Crippen LogP contribution in [0, 0.1) is 0 Å². The van der Waals surface area contributed by atoms with Crippen LogP contribution in [0.2, 0.25) is 0 Å². The van der Waals surface area contributed by atoms with Crippen molar-refractivity contribution in [3.8, 4) is 0 Å². The Kier molecular flexibility index (Phi) is 4.98. The summed E-state index contributed by atoms with van der Waals surface area (Å²) in [4.78, 5) is 11.4. The normalized spacial score (nSPS) is 12.2. The van der Waals surface area contributed by atoms with Crippen LogP contribution in [-0.4, -0.2) is 11.0 Å². The van der Waals surface area contributed by atoms with Gasteiger partial charge in [0, 0.05) is 0 Å². The number of carbonyl (C=O) groups is 1. The summed E-state index contributed by atoms with van der Waals surface area (Å²) >= 11 is 0. The first-order valence-electron chi connectivity index (χ1n) is 7.21. The Balaban J connectivity index is 3.59. The molecule has 1 rings (SSSR count). The van der Waals surface area contributed by atoms with Gasteiger partial charge in [-0.1, -0.05) is 39.8 Å². The van der Waals surface area contributed by atoms with Crippen molar-refractivity contribution in [3.05, 3.63) is 34.4 Å². The lowest BCUT2D eigenvalue weighted by molar-refractivity contribution is -0.117. The third-order valence-corrected chi connectivity index (χ3v) is 3.62. The van der Waals surface area contributed by atoms with Crippen molar-refractivity contribution in [2.45, 2.75) is 65.4 Å². The topological polar surface area (TPSA) is 63.3 Å². The summed E-state index contributed by atoms with van der Waals surface area (Å²) in [6.07, 6.45) is 0.257. The molecular formula is C17H27NO2. The smallest absolute Gasteiger partial charge is 0.221 e. The molecule has 3 heteroatoms. The Morgan fingerprint density at radius 1 is 1.15 bits per heavy atom. The molecule has 0 fully saturated rings. The van der Waals surface area contributed by atoms with E-state index < -0.39 is 5.60 Å². The maximum Gasteiger partial charge on any atom is 0.221 e. The summed E-state index contributed by atoms with van der Waals surface area (Å²) in [7, 11) is 0. The fraction of sp³-hybridized carbons (Fsp3) is 0.588. The van der Waals surface area contributed by atoms with E-state index in [-0.39, 0.29) is 24.2 Å². The number of rotatable bonds is 5. The van der Waals surface area contributed by atoms with E-state index in [1.165, 1.54) is 0 Å². The van der Waals surface area contributed by atoms with Crippen molar-refractivity contribution < 1.29 is 9.90 Å². The van der Waals surface area contributed by atoms with Crippen molar-refractivity contribution in [2.75, 3.05) is 0 Å². The predicted octanol–water partition coefficient (Wildman–Crippen LogP) is 3.19. The molecule has 0 bridgehead atoms. The molecule has 1 aromatic carbocycles. The standard InChI is InChI=1S/C17H27NO2/c1-10(2)13-7-12(17(5,6)20)8-14(11(3)4)15(13)9-16(18)19/h7-8,10-11,20H,9H2,1-6H3,(H2,18,19). The van der Waals surface area contributed by atoms with Crippen LogP contribution in [-0.2, 0) is 16.8 Å². The van der Waals surface area contributed by atoms with Crippen LogP contribution in [0.25, 0.3) is 0 Å². The van der Waals surface area contributed by atoms with E-state index in [0.717, 1.165) is 22.3 Å². The molecule has 0 aliphatic carbocycles. The highest BCUT2D eigenvalue weighted by Gasteiger charge is 2.23. The Labute approximate surface area is 122 Å². The predicted molar refractivity (Wildman–Crippen MR) is 82.8 cm³/mol. The number of aliphatic hydroxyl groups is 1. The molecule has 0 saturated heterocycles. The van der Waals surface area contributed by atoms with Crippen LogP contribution >= 0.6 is 0 Å². The number of benzene rings is 1. The summed E-state index contributed by atoms with van der Waals surface area (Å²) < 4.78 is 0. The fourth-order valence-corrected chi connectivity index (χ4v) is 2.48. The minimum atomic E-state index is -0.890. The first-order valence-corrected chi connectivity index (χ1v) is 7.21. The number of hydrogen-bond acceptors (Lipinski definition) is 2. The van der Waals surface area contributed by atoms with Crippen LogP contribution in [0.15, 0.2) is 12.1 Å². The number of amides is 1. The monoisotopic (exact) mass is 277 g/mol. The molecule has 0 unspecified atom stereocenters. The highest BCUT2D eigenvalue weighted by Crippen LogP contribution is 2.33. The maximum atomic E-state index is 11.4. The molecule has 0 aliphatic heterocycles. The minimum absolute atomic E-state index is 0.257. The van der Waals surface area contributed by atoms with Crippen LogP contribution in [0.3, 0.4) is 0 Å². The lowest BCUT2D eigenvalue weighted by atomic mass is 9.82. The molecule has 0 heterocycles. The molecule has 0 saturated carbocycles. The Morgan fingerprint density at radius 2 is 1.55 bits per heavy atom. The third kappa shape index (κ3) is 3.83. The molecule has 0 radical (unpaired) electrons. The van der Waals surface area contributed by atoms with E-state index in [2.05, 4.69) is 27.7 Å². The molecule has 0 atom stereocenters. The Morgan fingerprint density at radius 3 is 1.80 bits per heavy atom. The van der Waals surface area contributed by atoms with Crippen LogP contribution in [0.5, 0.6) is 0 Å². The number of primary amides is 1. The van der Waals surface area contributed by atoms with Gasteiger partial charge in [0.25, 0.3) is 0 Å². The summed E-state index contributed by atoms with van der Waals surface area (Å²) in [5.41, 5.74) is 8.63. The highest BCUT2D eigenvalue weighted by atomic mass is 16.3. The van der Waals surface area contributed by atoms with Crippen molar-refractivity contribution in [3.63, 3.8) is 0 Å². The van der Waals surface area contributed by atoms with Crippen molar-refractivity contribution in [1.29, 1.82) is 0 Å². The molecule has 20 heavy (non-hydrogen) atoms. The SMILES string of the molecule is CC(C)c1cc(C(C)(C)O)cc(C(C)C)c1CC(N)=O. The molecule has 0 aliphatic rings. The fourth-order valence-electron chi connectivity index (χ4n) is 2.48. The van der Waals surface area contributed by atoms with Gasteiger partial charge in [-0.25, -0.2) is 0 Å². The van der Waals surface area contributed by atoms with E-state index in [1.54, 1.807) is 13.8 Å². The van der Waals surface area contributed by atoms with E-state index >= 15 is 0 Å². The zero-order valence-electron chi connectivity index (χ0n) is 13.4. The Hall–Kier alpha value is -1.35. The molecule has 0 spiro atoms. The molecule has 1 aromatic rings. The quantitative estimate of drug-likeness (QED) is 0.868. The molecule has 3 N–H and O–H groups in total. The first-order chi connectivity index (χ1) is 9.04. The number of nitrogens with two attached hydrogens (primary N) is 1. The van der Waals surface area contributed by atoms with Crippen molar-refractivity contribution in [1.82, 2.24) is 0 Å². The minimum Gasteiger partial charge on any atom is -0.386 e. The summed E-state index contributed by atoms with van der Waals surface area (Å²) in [6, 6.07) is 4.02. The molecule has 3 nitrogen and oxygen atoms in total. The van der Waals surface area contributed by atoms with E-state index in [1.807, 2.05) is 12.1 Å². The summed E-state index contributed by atoms with van der Waals surface area (Å²) in [5.74, 6) is 0.248. The second-order valence-corrected chi connectivity index (χ2v) is 6.64. The second kappa shape index (κ2) is 5.96. The lowest BCUT2D eigenvalue weighted by Crippen LogP contribution is -2.21. The Bertz CT molecular complexity index is 467. The van der Waals surface area contributed by atoms with E-state index in [4.69, 9.17) is 5.73 Å². The van der Waals surface area contributed by atoms with Gasteiger partial charge in [-0.3, -0.25) is 4.79 Å². The van der Waals surface area contributed by atoms with E-state index in [0.29, 0.717) is 0 Å². The average molecular weight is 277 g/mol. The highest BCUT2D eigenvalue weighted by molar-refractivity contribution is 5.77. The van der Waals surface area contributed by atoms with Gasteiger partial charge >= 0.3 is 0 Å². The van der Waals surface area contributed by atoms with Gasteiger partial charge in [-0.15, -0.1) is 0 Å². The number of carbonyl (C=O) groups excluding carboxylic acids is 1.